The number of benzene rings is 1. The second kappa shape index (κ2) is 5.78. The molecule has 2 heterocycles. The molecule has 0 aliphatic carbocycles. The van der Waals surface area contributed by atoms with Crippen LogP contribution in [-0.2, 0) is 18.9 Å². The van der Waals surface area contributed by atoms with E-state index in [1.807, 2.05) is 24.3 Å². The number of carbonyl (C=O) groups excluding carboxylic acids is 2. The van der Waals surface area contributed by atoms with E-state index in [2.05, 4.69) is 15.9 Å². The molecule has 0 radical (unpaired) electrons. The highest BCUT2D eigenvalue weighted by molar-refractivity contribution is 9.11. The fraction of sp³-hybridized carbons (Fsp3) is 0.231. The zero-order chi connectivity index (χ0) is 15.0. The zero-order valence-electron chi connectivity index (χ0n) is 11.2. The van der Waals surface area contributed by atoms with Crippen LogP contribution in [0.5, 0.6) is 0 Å². The van der Waals surface area contributed by atoms with Crippen LogP contribution in [0.25, 0.3) is 10.1 Å². The Labute approximate surface area is 134 Å². The van der Waals surface area contributed by atoms with Gasteiger partial charge in [-0.15, -0.1) is 11.3 Å². The molecular weight excluding hydrogens is 357 g/mol. The summed E-state index contributed by atoms with van der Waals surface area (Å²) in [5, 5.41) is 1.00. The molecule has 108 valence electrons. The van der Waals surface area contributed by atoms with Gasteiger partial charge in [-0.3, -0.25) is 14.5 Å². The number of carbonyl (C=O) groups is 2. The van der Waals surface area contributed by atoms with E-state index in [-0.39, 0.29) is 13.1 Å². The van der Waals surface area contributed by atoms with Crippen molar-refractivity contribution < 1.29 is 18.9 Å². The van der Waals surface area contributed by atoms with Gasteiger partial charge in [-0.25, -0.2) is 0 Å². The maximum absolute atomic E-state index is 11.8. The standard InChI is InChI=1S/C13H11BBrNO4S/c1-16-6-10(17)19-14(20-11(18)7-16)13-12(15)8-4-2-3-5-9(8)21-13/h2-5H,6-7H2,1H3. The molecule has 1 fully saturated rings. The first-order valence-corrected chi connectivity index (χ1v) is 7.90. The summed E-state index contributed by atoms with van der Waals surface area (Å²) >= 11 is 4.94. The highest BCUT2D eigenvalue weighted by Crippen LogP contribution is 2.29. The number of hydrogen-bond donors (Lipinski definition) is 0. The SMILES string of the molecule is CN1CC(=O)OB(c2sc3ccccc3c2Br)OC(=O)C1. The first-order valence-electron chi connectivity index (χ1n) is 6.29. The Balaban J connectivity index is 1.98. The van der Waals surface area contributed by atoms with Crippen LogP contribution in [0, 0.1) is 0 Å². The lowest BCUT2D eigenvalue weighted by Crippen LogP contribution is -2.47. The van der Waals surface area contributed by atoms with Gasteiger partial charge < -0.3 is 9.31 Å². The van der Waals surface area contributed by atoms with E-state index in [4.69, 9.17) is 9.31 Å². The van der Waals surface area contributed by atoms with Crippen molar-refractivity contribution in [2.75, 3.05) is 20.1 Å². The van der Waals surface area contributed by atoms with E-state index in [1.54, 1.807) is 11.9 Å². The van der Waals surface area contributed by atoms with Gasteiger partial charge in [-0.2, -0.15) is 0 Å². The second-order valence-corrected chi connectivity index (χ2v) is 6.64. The molecule has 3 rings (SSSR count). The van der Waals surface area contributed by atoms with Crippen molar-refractivity contribution in [2.45, 2.75) is 0 Å². The molecule has 0 amide bonds. The highest BCUT2D eigenvalue weighted by atomic mass is 79.9. The molecular formula is C13H11BBrNO4S. The molecule has 1 aliphatic heterocycles. The Morgan fingerprint density at radius 3 is 2.43 bits per heavy atom. The van der Waals surface area contributed by atoms with Crippen molar-refractivity contribution in [1.82, 2.24) is 4.90 Å². The monoisotopic (exact) mass is 367 g/mol. The van der Waals surface area contributed by atoms with Crippen LogP contribution in [0.3, 0.4) is 0 Å². The molecule has 8 heteroatoms. The lowest BCUT2D eigenvalue weighted by molar-refractivity contribution is -0.145. The van der Waals surface area contributed by atoms with Gasteiger partial charge in [0.15, 0.2) is 0 Å². The Hall–Kier alpha value is -1.38. The number of hydrogen-bond acceptors (Lipinski definition) is 6. The molecule has 0 atom stereocenters. The van der Waals surface area contributed by atoms with Crippen LogP contribution in [0.4, 0.5) is 0 Å². The van der Waals surface area contributed by atoms with Gasteiger partial charge in [0.25, 0.3) is 0 Å². The van der Waals surface area contributed by atoms with Gasteiger partial charge in [0.1, 0.15) is 0 Å². The molecule has 1 aromatic carbocycles. The molecule has 1 saturated heterocycles. The van der Waals surface area contributed by atoms with Crippen LogP contribution < -0.4 is 4.78 Å². The second-order valence-electron chi connectivity index (χ2n) is 4.76. The molecule has 1 aliphatic rings. The average Bonchev–Trinajstić information content (AvgIpc) is 2.74. The average molecular weight is 368 g/mol. The molecule has 0 N–H and O–H groups in total. The highest BCUT2D eigenvalue weighted by Gasteiger charge is 2.37. The van der Waals surface area contributed by atoms with Gasteiger partial charge >= 0.3 is 19.1 Å². The van der Waals surface area contributed by atoms with E-state index < -0.39 is 19.1 Å². The third-order valence-electron chi connectivity index (χ3n) is 3.05. The van der Waals surface area contributed by atoms with Gasteiger partial charge in [0.2, 0.25) is 0 Å². The fourth-order valence-electron chi connectivity index (χ4n) is 2.13. The Kier molecular flexibility index (Phi) is 4.01. The summed E-state index contributed by atoms with van der Waals surface area (Å²) in [4.78, 5) is 25.2. The molecule has 0 spiro atoms. The quantitative estimate of drug-likeness (QED) is 0.713. The molecule has 0 bridgehead atoms. The summed E-state index contributed by atoms with van der Waals surface area (Å²) in [6.45, 7) is 0.127. The first kappa shape index (κ1) is 14.6. The third-order valence-corrected chi connectivity index (χ3v) is 5.36. The molecule has 21 heavy (non-hydrogen) atoms. The van der Waals surface area contributed by atoms with Crippen LogP contribution in [0.2, 0.25) is 0 Å². The summed E-state index contributed by atoms with van der Waals surface area (Å²) in [6, 6.07) is 7.78. The lowest BCUT2D eigenvalue weighted by atomic mass is 9.86. The number of rotatable bonds is 1. The summed E-state index contributed by atoms with van der Waals surface area (Å²) in [6.07, 6.45) is 0. The van der Waals surface area contributed by atoms with Crippen molar-refractivity contribution in [3.8, 4) is 0 Å². The van der Waals surface area contributed by atoms with Gasteiger partial charge in [-0.1, -0.05) is 18.2 Å². The predicted molar refractivity (Wildman–Crippen MR) is 84.6 cm³/mol. The maximum Gasteiger partial charge on any atom is 0.648 e. The third kappa shape index (κ3) is 2.97. The van der Waals surface area contributed by atoms with Gasteiger partial charge in [-0.05, 0) is 29.0 Å². The summed E-state index contributed by atoms with van der Waals surface area (Å²) in [5.74, 6) is -0.835. The number of nitrogens with zero attached hydrogens (tertiary/aromatic N) is 1. The Morgan fingerprint density at radius 1 is 1.19 bits per heavy atom. The maximum atomic E-state index is 11.8. The van der Waals surface area contributed by atoms with E-state index in [0.29, 0.717) is 4.78 Å². The Morgan fingerprint density at radius 2 is 1.81 bits per heavy atom. The van der Waals surface area contributed by atoms with Crippen molar-refractivity contribution >= 4 is 61.2 Å². The van der Waals surface area contributed by atoms with Crippen LogP contribution in [-0.4, -0.2) is 44.1 Å². The van der Waals surface area contributed by atoms with Crippen molar-refractivity contribution in [2.24, 2.45) is 0 Å². The number of thiophene rings is 1. The first-order chi connectivity index (χ1) is 10.0. The Bertz CT molecular complexity index is 699. The van der Waals surface area contributed by atoms with E-state index in [9.17, 15) is 9.59 Å². The van der Waals surface area contributed by atoms with Gasteiger partial charge in [0, 0.05) is 14.6 Å². The summed E-state index contributed by atoms with van der Waals surface area (Å²) < 4.78 is 13.1. The minimum absolute atomic E-state index is 0.0636. The number of halogens is 1. The minimum atomic E-state index is -0.995. The molecule has 0 saturated carbocycles. The van der Waals surface area contributed by atoms with Crippen LogP contribution in [0.15, 0.2) is 28.7 Å². The van der Waals surface area contributed by atoms with Crippen molar-refractivity contribution in [3.63, 3.8) is 0 Å². The van der Waals surface area contributed by atoms with Crippen molar-refractivity contribution in [1.29, 1.82) is 0 Å². The van der Waals surface area contributed by atoms with Crippen molar-refractivity contribution in [3.05, 3.63) is 28.7 Å². The van der Waals surface area contributed by atoms with Crippen LogP contribution >= 0.6 is 27.3 Å². The smallest absolute Gasteiger partial charge is 0.494 e. The van der Waals surface area contributed by atoms with E-state index in [1.165, 1.54) is 11.3 Å². The molecule has 5 nitrogen and oxygen atoms in total. The van der Waals surface area contributed by atoms with Gasteiger partial charge in [0.05, 0.1) is 17.9 Å². The fourth-order valence-corrected chi connectivity index (χ4v) is 4.09. The molecule has 2 aromatic rings. The van der Waals surface area contributed by atoms with E-state index >= 15 is 0 Å². The van der Waals surface area contributed by atoms with Crippen LogP contribution in [0.1, 0.15) is 0 Å². The molecule has 1 aromatic heterocycles. The summed E-state index contributed by atoms with van der Waals surface area (Å²) in [7, 11) is 0.670. The normalized spacial score (nSPS) is 17.3. The van der Waals surface area contributed by atoms with E-state index in [0.717, 1.165) is 14.6 Å². The topological polar surface area (TPSA) is 55.8 Å². The minimum Gasteiger partial charge on any atom is -0.494 e. The number of fused-ring (bicyclic) bond motifs is 1. The largest absolute Gasteiger partial charge is 0.648 e. The predicted octanol–water partition coefficient (Wildman–Crippen LogP) is 1.39. The number of likely N-dealkylation sites (N-methyl/N-ethyl adjacent to an activating group) is 1. The lowest BCUT2D eigenvalue weighted by Gasteiger charge is -2.22. The summed E-state index contributed by atoms with van der Waals surface area (Å²) in [5.41, 5.74) is 0. The molecule has 0 unspecified atom stereocenters. The zero-order valence-corrected chi connectivity index (χ0v) is 13.6.